The van der Waals surface area contributed by atoms with Crippen molar-refractivity contribution in [2.24, 2.45) is 0 Å². The second-order valence-corrected chi connectivity index (χ2v) is 11.0. The predicted octanol–water partition coefficient (Wildman–Crippen LogP) is 4.41. The molecule has 1 aromatic heterocycles. The number of aromatic nitrogens is 1. The molecule has 2 heterocycles. The third kappa shape index (κ3) is 7.36. The van der Waals surface area contributed by atoms with Crippen LogP contribution in [0.3, 0.4) is 0 Å². The minimum absolute atomic E-state index is 0.0289. The highest BCUT2D eigenvalue weighted by atomic mass is 32.1. The van der Waals surface area contributed by atoms with Crippen molar-refractivity contribution >= 4 is 40.0 Å². The molecule has 4 amide bonds. The summed E-state index contributed by atoms with van der Waals surface area (Å²) in [6.45, 7) is 8.81. The summed E-state index contributed by atoms with van der Waals surface area (Å²) in [5, 5.41) is 10.0. The van der Waals surface area contributed by atoms with E-state index >= 15 is 0 Å². The molecule has 0 unspecified atom stereocenters. The van der Waals surface area contributed by atoms with Crippen LogP contribution in [0.15, 0.2) is 54.0 Å². The van der Waals surface area contributed by atoms with Gasteiger partial charge in [-0.05, 0) is 56.7 Å². The van der Waals surface area contributed by atoms with Gasteiger partial charge >= 0.3 is 6.03 Å². The second kappa shape index (κ2) is 11.7. The van der Waals surface area contributed by atoms with E-state index in [1.165, 1.54) is 23.5 Å². The molecule has 200 valence electrons. The number of hydrogen-bond donors (Lipinski definition) is 3. The van der Waals surface area contributed by atoms with Crippen molar-refractivity contribution in [2.45, 2.75) is 32.9 Å². The maximum absolute atomic E-state index is 14.6. The highest BCUT2D eigenvalue weighted by Gasteiger charge is 2.23. The van der Waals surface area contributed by atoms with Crippen molar-refractivity contribution in [3.63, 3.8) is 0 Å². The average Bonchev–Trinajstić information content (AvgIpc) is 3.37. The summed E-state index contributed by atoms with van der Waals surface area (Å²) in [5.74, 6) is -1.06. The zero-order valence-electron chi connectivity index (χ0n) is 21.6. The van der Waals surface area contributed by atoms with Gasteiger partial charge in [-0.25, -0.2) is 14.2 Å². The molecule has 1 saturated heterocycles. The Bertz CT molecular complexity index is 1300. The standard InChI is InChI=1S/C27H31FN6O3S/c1-27(2,3)32-23(35)19-6-4-5-18(15-19)17-33-10-12-34(13-11-33)24(36)20-7-8-22(21(28)16-20)30-25(37)31-26-29-9-14-38-26/h4-9,14-16H,10-13,17H2,1-3H3,(H,32,35)(H2,29,30,31,37). The molecule has 0 radical (unpaired) electrons. The van der Waals surface area contributed by atoms with Crippen LogP contribution in [-0.4, -0.2) is 64.3 Å². The largest absolute Gasteiger partial charge is 0.347 e. The molecule has 3 aromatic rings. The zero-order chi connectivity index (χ0) is 27.3. The Kier molecular flexibility index (Phi) is 8.38. The molecule has 9 nitrogen and oxygen atoms in total. The number of amides is 4. The van der Waals surface area contributed by atoms with E-state index < -0.39 is 11.8 Å². The van der Waals surface area contributed by atoms with Crippen LogP contribution in [0.1, 0.15) is 47.1 Å². The van der Waals surface area contributed by atoms with Crippen LogP contribution in [0.4, 0.5) is 20.0 Å². The molecular weight excluding hydrogens is 507 g/mol. The van der Waals surface area contributed by atoms with E-state index in [1.807, 2.05) is 39.0 Å². The average molecular weight is 539 g/mol. The summed E-state index contributed by atoms with van der Waals surface area (Å²) in [7, 11) is 0. The summed E-state index contributed by atoms with van der Waals surface area (Å²) >= 11 is 1.25. The lowest BCUT2D eigenvalue weighted by Crippen LogP contribution is -2.48. The normalized spacial score (nSPS) is 14.2. The molecule has 0 spiro atoms. The molecule has 0 aliphatic carbocycles. The number of carbonyl (C=O) groups excluding carboxylic acids is 3. The molecule has 3 N–H and O–H groups in total. The Morgan fingerprint density at radius 3 is 2.42 bits per heavy atom. The summed E-state index contributed by atoms with van der Waals surface area (Å²) < 4.78 is 14.6. The fourth-order valence-electron chi connectivity index (χ4n) is 4.06. The van der Waals surface area contributed by atoms with E-state index in [0.717, 1.165) is 11.6 Å². The molecule has 1 aliphatic rings. The number of anilines is 2. The molecule has 4 rings (SSSR count). The summed E-state index contributed by atoms with van der Waals surface area (Å²) in [5.41, 5.74) is 1.52. The van der Waals surface area contributed by atoms with Gasteiger partial charge in [-0.1, -0.05) is 12.1 Å². The van der Waals surface area contributed by atoms with Crippen molar-refractivity contribution in [1.82, 2.24) is 20.1 Å². The van der Waals surface area contributed by atoms with Crippen LogP contribution < -0.4 is 16.0 Å². The van der Waals surface area contributed by atoms with Crippen LogP contribution in [0.2, 0.25) is 0 Å². The fourth-order valence-corrected chi connectivity index (χ4v) is 4.58. The quantitative estimate of drug-likeness (QED) is 0.431. The monoisotopic (exact) mass is 538 g/mol. The minimum Gasteiger partial charge on any atom is -0.347 e. The summed E-state index contributed by atoms with van der Waals surface area (Å²) in [6.07, 6.45) is 1.55. The molecule has 38 heavy (non-hydrogen) atoms. The first-order chi connectivity index (χ1) is 18.1. The fraction of sp³-hybridized carbons (Fsp3) is 0.333. The van der Waals surface area contributed by atoms with Gasteiger partial charge in [0.05, 0.1) is 5.69 Å². The third-order valence-corrected chi connectivity index (χ3v) is 6.55. The molecule has 1 fully saturated rings. The van der Waals surface area contributed by atoms with Gasteiger partial charge in [-0.2, -0.15) is 0 Å². The van der Waals surface area contributed by atoms with Crippen molar-refractivity contribution in [3.8, 4) is 0 Å². The number of benzene rings is 2. The third-order valence-electron chi connectivity index (χ3n) is 5.86. The number of urea groups is 1. The van der Waals surface area contributed by atoms with E-state index in [1.54, 1.807) is 22.5 Å². The number of nitrogens with one attached hydrogen (secondary N) is 3. The lowest BCUT2D eigenvalue weighted by molar-refractivity contribution is 0.0627. The topological polar surface area (TPSA) is 107 Å². The van der Waals surface area contributed by atoms with Gasteiger partial charge in [0.1, 0.15) is 5.82 Å². The highest BCUT2D eigenvalue weighted by Crippen LogP contribution is 2.19. The minimum atomic E-state index is -0.695. The molecule has 0 atom stereocenters. The number of hydrogen-bond acceptors (Lipinski definition) is 6. The first-order valence-corrected chi connectivity index (χ1v) is 13.2. The first-order valence-electron chi connectivity index (χ1n) is 12.3. The number of thiazole rings is 1. The lowest BCUT2D eigenvalue weighted by Gasteiger charge is -2.35. The Morgan fingerprint density at radius 1 is 1.00 bits per heavy atom. The highest BCUT2D eigenvalue weighted by molar-refractivity contribution is 7.13. The van der Waals surface area contributed by atoms with E-state index in [2.05, 4.69) is 25.8 Å². The maximum Gasteiger partial charge on any atom is 0.325 e. The van der Waals surface area contributed by atoms with E-state index in [9.17, 15) is 18.8 Å². The van der Waals surface area contributed by atoms with Gasteiger partial charge in [0.15, 0.2) is 5.13 Å². The van der Waals surface area contributed by atoms with Gasteiger partial charge < -0.3 is 15.5 Å². The van der Waals surface area contributed by atoms with Crippen LogP contribution in [0.5, 0.6) is 0 Å². The molecule has 2 aromatic carbocycles. The SMILES string of the molecule is CC(C)(C)NC(=O)c1cccc(CN2CCN(C(=O)c3ccc(NC(=O)Nc4nccs4)c(F)c3)CC2)c1. The molecule has 1 aliphatic heterocycles. The number of piperazine rings is 1. The van der Waals surface area contributed by atoms with Crippen LogP contribution in [0.25, 0.3) is 0 Å². The van der Waals surface area contributed by atoms with Gasteiger partial charge in [0.2, 0.25) is 0 Å². The van der Waals surface area contributed by atoms with E-state index in [4.69, 9.17) is 0 Å². The molecule has 0 bridgehead atoms. The molecule has 11 heteroatoms. The molecule has 0 saturated carbocycles. The van der Waals surface area contributed by atoms with Crippen LogP contribution in [0, 0.1) is 5.82 Å². The Morgan fingerprint density at radius 2 is 1.76 bits per heavy atom. The smallest absolute Gasteiger partial charge is 0.325 e. The van der Waals surface area contributed by atoms with Gasteiger partial charge in [-0.15, -0.1) is 11.3 Å². The summed E-state index contributed by atoms with van der Waals surface area (Å²) in [6, 6.07) is 11.0. The predicted molar refractivity (Wildman–Crippen MR) is 146 cm³/mol. The number of carbonyl (C=O) groups is 3. The second-order valence-electron chi connectivity index (χ2n) is 10.1. The van der Waals surface area contributed by atoms with Crippen molar-refractivity contribution in [1.29, 1.82) is 0 Å². The van der Waals surface area contributed by atoms with Crippen LogP contribution in [-0.2, 0) is 6.54 Å². The van der Waals surface area contributed by atoms with Gasteiger partial charge in [0.25, 0.3) is 11.8 Å². The van der Waals surface area contributed by atoms with Gasteiger partial charge in [0, 0.05) is 61.0 Å². The zero-order valence-corrected chi connectivity index (χ0v) is 22.4. The van der Waals surface area contributed by atoms with E-state index in [0.29, 0.717) is 43.4 Å². The Hall–Kier alpha value is -3.83. The van der Waals surface area contributed by atoms with Crippen molar-refractivity contribution < 1.29 is 18.8 Å². The first kappa shape index (κ1) is 27.2. The van der Waals surface area contributed by atoms with E-state index in [-0.39, 0.29) is 28.6 Å². The van der Waals surface area contributed by atoms with Crippen LogP contribution >= 0.6 is 11.3 Å². The van der Waals surface area contributed by atoms with Gasteiger partial charge in [-0.3, -0.25) is 19.8 Å². The Labute approximate surface area is 225 Å². The Balaban J connectivity index is 1.29. The summed E-state index contributed by atoms with van der Waals surface area (Å²) in [4.78, 5) is 45.4. The van der Waals surface area contributed by atoms with Crippen molar-refractivity contribution in [2.75, 3.05) is 36.8 Å². The molecular formula is C27H31FN6O3S. The van der Waals surface area contributed by atoms with Crippen molar-refractivity contribution in [3.05, 3.63) is 76.5 Å². The maximum atomic E-state index is 14.6. The number of nitrogens with zero attached hydrogens (tertiary/aromatic N) is 3. The number of halogens is 1. The number of rotatable bonds is 6. The lowest BCUT2D eigenvalue weighted by atomic mass is 10.1.